The number of oxime groups is 1. The zero-order valence-corrected chi connectivity index (χ0v) is 29.0. The summed E-state index contributed by atoms with van der Waals surface area (Å²) in [5, 5.41) is 26.7. The lowest BCUT2D eigenvalue weighted by atomic mass is 9.56. The van der Waals surface area contributed by atoms with Crippen molar-refractivity contribution in [2.75, 3.05) is 32.7 Å². The molecular formula is C38H50N2O7S. The Morgan fingerprint density at radius 3 is 2.60 bits per heavy atom. The van der Waals surface area contributed by atoms with Crippen LogP contribution >= 0.6 is 11.8 Å². The van der Waals surface area contributed by atoms with Gasteiger partial charge >= 0.3 is 6.09 Å². The second kappa shape index (κ2) is 17.4. The highest BCUT2D eigenvalue weighted by atomic mass is 32.2. The van der Waals surface area contributed by atoms with Gasteiger partial charge in [0.25, 0.3) is 0 Å². The first kappa shape index (κ1) is 36.0. The summed E-state index contributed by atoms with van der Waals surface area (Å²) in [4.78, 5) is 18.4. The normalized spacial score (nSPS) is 26.5. The molecule has 1 fully saturated rings. The third kappa shape index (κ3) is 7.94. The minimum atomic E-state index is -0.994. The van der Waals surface area contributed by atoms with Crippen molar-refractivity contribution in [3.05, 3.63) is 84.0 Å². The van der Waals surface area contributed by atoms with Gasteiger partial charge in [0.05, 0.1) is 23.5 Å². The number of amides is 1. The van der Waals surface area contributed by atoms with E-state index in [4.69, 9.17) is 19.0 Å². The summed E-state index contributed by atoms with van der Waals surface area (Å²) in [6.07, 6.45) is 9.20. The van der Waals surface area contributed by atoms with Gasteiger partial charge < -0.3 is 34.6 Å². The average Bonchev–Trinajstić information content (AvgIpc) is 3.10. The SMILES string of the molecule is C=CCO[C@@]12Oc3ccc(OC(=O)NCc4ccccc4)cc3[C@H]3[C@H](CCCCO)[C@@H](CCCCO)C=C(C(=NOC)C[C@@H]1SCC)[C@H]32. The smallest absolute Gasteiger partial charge is 0.412 e. The summed E-state index contributed by atoms with van der Waals surface area (Å²) in [6, 6.07) is 15.4. The first-order valence-corrected chi connectivity index (χ1v) is 18.3. The maximum absolute atomic E-state index is 13.0. The van der Waals surface area contributed by atoms with Crippen molar-refractivity contribution in [1.82, 2.24) is 5.32 Å². The number of nitrogens with zero attached hydrogens (tertiary/aromatic N) is 1. The van der Waals surface area contributed by atoms with Crippen LogP contribution in [0.3, 0.4) is 0 Å². The van der Waals surface area contributed by atoms with Gasteiger partial charge in [-0.15, -0.1) is 6.58 Å². The van der Waals surface area contributed by atoms with Crippen LogP contribution in [0.5, 0.6) is 11.5 Å². The number of hydrogen-bond acceptors (Lipinski definition) is 9. The third-order valence-corrected chi connectivity index (χ3v) is 10.9. The minimum absolute atomic E-state index is 0.0605. The maximum atomic E-state index is 13.0. The van der Waals surface area contributed by atoms with E-state index < -0.39 is 11.9 Å². The van der Waals surface area contributed by atoms with E-state index in [1.165, 1.54) is 0 Å². The number of allylic oxidation sites excluding steroid dienone is 1. The van der Waals surface area contributed by atoms with Crippen LogP contribution in [0.2, 0.25) is 0 Å². The second-order valence-corrected chi connectivity index (χ2v) is 14.1. The van der Waals surface area contributed by atoms with Crippen molar-refractivity contribution in [3.8, 4) is 11.5 Å². The van der Waals surface area contributed by atoms with E-state index in [-0.39, 0.29) is 42.1 Å². The van der Waals surface area contributed by atoms with Crippen molar-refractivity contribution in [1.29, 1.82) is 0 Å². The van der Waals surface area contributed by atoms with Crippen LogP contribution in [0, 0.1) is 17.8 Å². The fraction of sp³-hybridized carbons (Fsp3) is 0.526. The van der Waals surface area contributed by atoms with Gasteiger partial charge in [0.15, 0.2) is 0 Å². The molecule has 0 spiro atoms. The molecule has 1 amide bonds. The van der Waals surface area contributed by atoms with Crippen LogP contribution in [0.15, 0.2) is 78.0 Å². The molecule has 260 valence electrons. The van der Waals surface area contributed by atoms with Crippen LogP contribution in [0.25, 0.3) is 0 Å². The Hall–Kier alpha value is -3.31. The molecule has 0 aromatic heterocycles. The number of unbranched alkanes of at least 4 members (excludes halogenated alkanes) is 2. The zero-order chi connectivity index (χ0) is 33.9. The highest BCUT2D eigenvalue weighted by Crippen LogP contribution is 2.62. The average molecular weight is 679 g/mol. The number of rotatable bonds is 17. The summed E-state index contributed by atoms with van der Waals surface area (Å²) in [5.41, 5.74) is 3.92. The molecule has 48 heavy (non-hydrogen) atoms. The first-order chi connectivity index (χ1) is 23.5. The first-order valence-electron chi connectivity index (χ1n) is 17.2. The number of aliphatic hydroxyl groups is 2. The highest BCUT2D eigenvalue weighted by molar-refractivity contribution is 8.00. The molecule has 3 N–H and O–H groups in total. The molecule has 0 radical (unpaired) electrons. The summed E-state index contributed by atoms with van der Waals surface area (Å²) in [6.45, 7) is 7.07. The van der Waals surface area contributed by atoms with E-state index in [1.807, 2.05) is 42.5 Å². The molecule has 1 aliphatic heterocycles. The summed E-state index contributed by atoms with van der Waals surface area (Å²) >= 11 is 1.80. The van der Waals surface area contributed by atoms with Gasteiger partial charge in [-0.2, -0.15) is 11.8 Å². The quantitative estimate of drug-likeness (QED) is 0.0931. The fourth-order valence-corrected chi connectivity index (χ4v) is 8.94. The van der Waals surface area contributed by atoms with Crippen molar-refractivity contribution >= 4 is 23.6 Å². The number of fused-ring (bicyclic) bond motifs is 2. The molecule has 2 aromatic rings. The molecule has 10 heteroatoms. The lowest BCUT2D eigenvalue weighted by Crippen LogP contribution is -2.64. The Balaban J connectivity index is 1.61. The number of hydrogen-bond donors (Lipinski definition) is 3. The topological polar surface area (TPSA) is 119 Å². The Bertz CT molecular complexity index is 1430. The third-order valence-electron chi connectivity index (χ3n) is 9.68. The Morgan fingerprint density at radius 1 is 1.12 bits per heavy atom. The van der Waals surface area contributed by atoms with Gasteiger partial charge in [-0.05, 0) is 72.6 Å². The van der Waals surface area contributed by atoms with Crippen LogP contribution < -0.4 is 14.8 Å². The second-order valence-electron chi connectivity index (χ2n) is 12.6. The van der Waals surface area contributed by atoms with E-state index in [2.05, 4.69) is 30.1 Å². The van der Waals surface area contributed by atoms with Gasteiger partial charge in [0, 0.05) is 37.7 Å². The lowest BCUT2D eigenvalue weighted by Gasteiger charge is -2.58. The highest BCUT2D eigenvalue weighted by Gasteiger charge is 2.63. The molecule has 1 saturated carbocycles. The molecule has 3 aliphatic rings. The Morgan fingerprint density at radius 2 is 1.90 bits per heavy atom. The van der Waals surface area contributed by atoms with E-state index in [1.54, 1.807) is 31.0 Å². The number of benzene rings is 2. The van der Waals surface area contributed by atoms with Gasteiger partial charge in [-0.3, -0.25) is 0 Å². The molecule has 2 aliphatic carbocycles. The van der Waals surface area contributed by atoms with Crippen molar-refractivity contribution in [2.45, 2.75) is 75.4 Å². The Labute approximate surface area is 288 Å². The van der Waals surface area contributed by atoms with Crippen LogP contribution in [-0.2, 0) is 16.1 Å². The largest absolute Gasteiger partial charge is 0.460 e. The molecule has 6 atom stereocenters. The molecule has 5 rings (SSSR count). The maximum Gasteiger partial charge on any atom is 0.412 e. The number of ether oxygens (including phenoxy) is 3. The zero-order valence-electron chi connectivity index (χ0n) is 28.1. The molecule has 0 unspecified atom stereocenters. The summed E-state index contributed by atoms with van der Waals surface area (Å²) in [5.74, 6) is 1.11. The number of nitrogens with one attached hydrogen (secondary N) is 1. The number of aliphatic hydroxyl groups excluding tert-OH is 2. The predicted molar refractivity (Wildman–Crippen MR) is 189 cm³/mol. The van der Waals surface area contributed by atoms with Gasteiger partial charge in [-0.25, -0.2) is 4.79 Å². The molecule has 0 saturated heterocycles. The van der Waals surface area contributed by atoms with Crippen molar-refractivity contribution in [2.24, 2.45) is 22.9 Å². The molecular weight excluding hydrogens is 628 g/mol. The van der Waals surface area contributed by atoms with Crippen molar-refractivity contribution in [3.63, 3.8) is 0 Å². The van der Waals surface area contributed by atoms with E-state index in [9.17, 15) is 15.0 Å². The standard InChI is InChI=1S/C38H50N2O7S/c1-4-21-45-38-34(48-5-2)24-32(40-44-3)30-22-27(15-9-11-19-41)29(16-10-12-20-42)35(36(30)38)31-23-28(17-18-33(31)47-38)46-37(43)39-25-26-13-7-6-8-14-26/h4,6-8,13-14,17-18,22-23,27,29,34-36,41-42H,1,5,9-12,15-16,19-21,24-25H2,2-3H3,(H,39,43)/t27-,29+,34-,35+,36+,38+/m0/s1. The van der Waals surface area contributed by atoms with E-state index in [0.717, 1.165) is 60.3 Å². The number of thioether (sulfide) groups is 1. The molecule has 0 bridgehead atoms. The minimum Gasteiger partial charge on any atom is -0.460 e. The molecule has 2 aromatic carbocycles. The Kier molecular flexibility index (Phi) is 13.0. The fourth-order valence-electron chi connectivity index (χ4n) is 7.76. The van der Waals surface area contributed by atoms with E-state index >= 15 is 0 Å². The van der Waals surface area contributed by atoms with Crippen LogP contribution in [-0.4, -0.2) is 65.7 Å². The number of carbonyl (C=O) groups excluding carboxylic acids is 1. The van der Waals surface area contributed by atoms with Crippen LogP contribution in [0.4, 0.5) is 4.79 Å². The van der Waals surface area contributed by atoms with E-state index in [0.29, 0.717) is 37.5 Å². The van der Waals surface area contributed by atoms with Crippen molar-refractivity contribution < 1.29 is 34.1 Å². The molecule has 1 heterocycles. The van der Waals surface area contributed by atoms with Gasteiger partial charge in [0.1, 0.15) is 18.6 Å². The predicted octanol–water partition coefficient (Wildman–Crippen LogP) is 6.99. The summed E-state index contributed by atoms with van der Waals surface area (Å²) in [7, 11) is 1.58. The number of carbonyl (C=O) groups is 1. The monoisotopic (exact) mass is 678 g/mol. The lowest BCUT2D eigenvalue weighted by molar-refractivity contribution is -0.223. The van der Waals surface area contributed by atoms with Gasteiger partial charge in [0.2, 0.25) is 5.79 Å². The van der Waals surface area contributed by atoms with Crippen LogP contribution in [0.1, 0.15) is 68.9 Å². The van der Waals surface area contributed by atoms with Gasteiger partial charge in [-0.1, -0.05) is 67.4 Å². The molecule has 9 nitrogen and oxygen atoms in total. The summed E-state index contributed by atoms with van der Waals surface area (Å²) < 4.78 is 19.7.